The van der Waals surface area contributed by atoms with Crippen LogP contribution in [0.4, 0.5) is 0 Å². The molecule has 0 radical (unpaired) electrons. The molecule has 22 heavy (non-hydrogen) atoms. The molecule has 3 N–H and O–H groups in total. The molecule has 0 amide bonds. The van der Waals surface area contributed by atoms with Gasteiger partial charge in [0, 0.05) is 9.92 Å². The van der Waals surface area contributed by atoms with Gasteiger partial charge in [-0.25, -0.2) is 4.79 Å². The van der Waals surface area contributed by atoms with Gasteiger partial charge in [0.2, 0.25) is 5.88 Å². The Bertz CT molecular complexity index is 1040. The van der Waals surface area contributed by atoms with E-state index in [-0.39, 0.29) is 14.8 Å². The SMILES string of the molecule is O=c1[nH]c(O)c(C2=NS(=O)(=O)c3ccc(Cl)cc3S2)c(=O)[nH]1. The van der Waals surface area contributed by atoms with Crippen molar-refractivity contribution in [1.82, 2.24) is 9.97 Å². The summed E-state index contributed by atoms with van der Waals surface area (Å²) in [6.07, 6.45) is 0. The Balaban J connectivity index is 2.26. The Labute approximate surface area is 131 Å². The number of rotatable bonds is 1. The van der Waals surface area contributed by atoms with Gasteiger partial charge in [0.1, 0.15) is 15.5 Å². The van der Waals surface area contributed by atoms with Crippen molar-refractivity contribution >= 4 is 38.4 Å². The van der Waals surface area contributed by atoms with Crippen LogP contribution in [0.5, 0.6) is 5.88 Å². The zero-order valence-corrected chi connectivity index (χ0v) is 12.8. The third-order valence-corrected chi connectivity index (χ3v) is 5.59. The molecule has 0 fully saturated rings. The predicted octanol–water partition coefficient (Wildman–Crippen LogP) is 0.663. The second kappa shape index (κ2) is 5.00. The van der Waals surface area contributed by atoms with Crippen LogP contribution in [0.1, 0.15) is 5.56 Å². The van der Waals surface area contributed by atoms with E-state index in [0.29, 0.717) is 5.02 Å². The summed E-state index contributed by atoms with van der Waals surface area (Å²) in [7, 11) is -4.05. The second-order valence-corrected chi connectivity index (χ2v) is 7.24. The molecule has 1 aliphatic rings. The Morgan fingerprint density at radius 1 is 1.23 bits per heavy atom. The molecule has 1 aliphatic heterocycles. The Morgan fingerprint density at radius 3 is 2.64 bits per heavy atom. The molecular weight excluding hydrogens is 354 g/mol. The topological polar surface area (TPSA) is 132 Å². The van der Waals surface area contributed by atoms with E-state index in [9.17, 15) is 23.1 Å². The normalized spacial score (nSPS) is 16.0. The monoisotopic (exact) mass is 359 g/mol. The molecule has 0 unspecified atom stereocenters. The fraction of sp³-hybridized carbons (Fsp3) is 0. The smallest absolute Gasteiger partial charge is 0.328 e. The lowest BCUT2D eigenvalue weighted by Crippen LogP contribution is -2.28. The van der Waals surface area contributed by atoms with Crippen LogP contribution in [-0.2, 0) is 10.0 Å². The molecule has 0 spiro atoms. The van der Waals surface area contributed by atoms with E-state index in [0.717, 1.165) is 11.8 Å². The summed E-state index contributed by atoms with van der Waals surface area (Å²) in [6.45, 7) is 0. The molecule has 8 nitrogen and oxygen atoms in total. The van der Waals surface area contributed by atoms with Crippen LogP contribution in [0.25, 0.3) is 0 Å². The number of fused-ring (bicyclic) bond motifs is 1. The summed E-state index contributed by atoms with van der Waals surface area (Å²) < 4.78 is 27.8. The van der Waals surface area contributed by atoms with Crippen LogP contribution in [0.15, 0.2) is 42.0 Å². The largest absolute Gasteiger partial charge is 0.494 e. The highest BCUT2D eigenvalue weighted by Gasteiger charge is 2.29. The molecule has 0 aliphatic carbocycles. The minimum atomic E-state index is -4.05. The highest BCUT2D eigenvalue weighted by Crippen LogP contribution is 2.38. The summed E-state index contributed by atoms with van der Waals surface area (Å²) in [5.74, 6) is -0.763. The van der Waals surface area contributed by atoms with Crippen LogP contribution >= 0.6 is 23.4 Å². The number of aromatic amines is 2. The van der Waals surface area contributed by atoms with Gasteiger partial charge in [-0.15, -0.1) is 0 Å². The van der Waals surface area contributed by atoms with Crippen molar-refractivity contribution in [1.29, 1.82) is 0 Å². The number of H-pyrrole nitrogens is 2. The van der Waals surface area contributed by atoms with Gasteiger partial charge in [-0.3, -0.25) is 14.8 Å². The number of thioether (sulfide) groups is 1. The van der Waals surface area contributed by atoms with Gasteiger partial charge in [-0.1, -0.05) is 23.4 Å². The van der Waals surface area contributed by atoms with E-state index in [1.807, 2.05) is 9.97 Å². The number of nitrogens with zero attached hydrogens (tertiary/aromatic N) is 1. The van der Waals surface area contributed by atoms with Gasteiger partial charge in [0.15, 0.2) is 0 Å². The minimum absolute atomic E-state index is 0.0500. The maximum atomic E-state index is 12.1. The molecule has 114 valence electrons. The maximum Gasteiger partial charge on any atom is 0.328 e. The summed E-state index contributed by atoms with van der Waals surface area (Å²) in [5.41, 5.74) is -2.30. The molecule has 1 aromatic heterocycles. The third-order valence-electron chi connectivity index (χ3n) is 2.73. The molecule has 0 bridgehead atoms. The van der Waals surface area contributed by atoms with Crippen molar-refractivity contribution < 1.29 is 13.5 Å². The number of nitrogens with one attached hydrogen (secondary N) is 2. The van der Waals surface area contributed by atoms with Crippen LogP contribution in [-0.4, -0.2) is 28.5 Å². The van der Waals surface area contributed by atoms with Gasteiger partial charge in [-0.05, 0) is 18.2 Å². The van der Waals surface area contributed by atoms with Crippen LogP contribution in [0.3, 0.4) is 0 Å². The summed E-state index contributed by atoms with van der Waals surface area (Å²) in [5, 5.41) is 9.75. The van der Waals surface area contributed by atoms with Gasteiger partial charge < -0.3 is 5.11 Å². The summed E-state index contributed by atoms with van der Waals surface area (Å²) in [6, 6.07) is 4.12. The Hall–Kier alpha value is -2.04. The van der Waals surface area contributed by atoms with E-state index in [2.05, 4.69) is 4.40 Å². The second-order valence-electron chi connectivity index (χ2n) is 4.20. The molecule has 0 saturated heterocycles. The van der Waals surface area contributed by atoms with Gasteiger partial charge in [0.05, 0.1) is 0 Å². The lowest BCUT2D eigenvalue weighted by Gasteiger charge is -2.15. The van der Waals surface area contributed by atoms with Crippen LogP contribution in [0.2, 0.25) is 5.02 Å². The van der Waals surface area contributed by atoms with Crippen molar-refractivity contribution in [3.63, 3.8) is 0 Å². The summed E-state index contributed by atoms with van der Waals surface area (Å²) >= 11 is 6.68. The maximum absolute atomic E-state index is 12.1. The van der Waals surface area contributed by atoms with Crippen molar-refractivity contribution in [3.8, 4) is 5.88 Å². The molecule has 2 aromatic rings. The van der Waals surface area contributed by atoms with E-state index in [4.69, 9.17) is 11.6 Å². The average Bonchev–Trinajstić information content (AvgIpc) is 2.35. The highest BCUT2D eigenvalue weighted by molar-refractivity contribution is 8.16. The number of halogens is 1. The van der Waals surface area contributed by atoms with E-state index in [1.165, 1.54) is 18.2 Å². The first-order valence-corrected chi connectivity index (χ1v) is 8.30. The lowest BCUT2D eigenvalue weighted by atomic mass is 10.3. The first-order chi connectivity index (χ1) is 10.3. The molecule has 3 rings (SSSR count). The number of benzene rings is 1. The van der Waals surface area contributed by atoms with Crippen molar-refractivity contribution in [2.45, 2.75) is 9.79 Å². The number of aromatic nitrogens is 2. The zero-order chi connectivity index (χ0) is 16.1. The lowest BCUT2D eigenvalue weighted by molar-refractivity contribution is 0.447. The van der Waals surface area contributed by atoms with Crippen molar-refractivity contribution in [2.75, 3.05) is 0 Å². The highest BCUT2D eigenvalue weighted by atomic mass is 35.5. The van der Waals surface area contributed by atoms with E-state index in [1.54, 1.807) is 0 Å². The quantitative estimate of drug-likeness (QED) is 0.685. The molecule has 11 heteroatoms. The predicted molar refractivity (Wildman–Crippen MR) is 80.4 cm³/mol. The van der Waals surface area contributed by atoms with Crippen LogP contribution < -0.4 is 11.2 Å². The van der Waals surface area contributed by atoms with E-state index < -0.39 is 32.7 Å². The molecule has 1 aromatic carbocycles. The minimum Gasteiger partial charge on any atom is -0.494 e. The first-order valence-electron chi connectivity index (χ1n) is 5.66. The number of aromatic hydroxyl groups is 1. The van der Waals surface area contributed by atoms with Crippen molar-refractivity contribution in [3.05, 3.63) is 49.6 Å². The Morgan fingerprint density at radius 2 is 1.95 bits per heavy atom. The van der Waals surface area contributed by atoms with Gasteiger partial charge >= 0.3 is 5.69 Å². The summed E-state index contributed by atoms with van der Waals surface area (Å²) in [4.78, 5) is 26.9. The van der Waals surface area contributed by atoms with Gasteiger partial charge in [-0.2, -0.15) is 12.8 Å². The van der Waals surface area contributed by atoms with Crippen LogP contribution in [0, 0.1) is 0 Å². The molecule has 0 atom stereocenters. The molecule has 0 saturated carbocycles. The number of sulfonamides is 1. The Kier molecular flexibility index (Phi) is 3.38. The van der Waals surface area contributed by atoms with Gasteiger partial charge in [0.25, 0.3) is 15.6 Å². The number of hydrogen-bond acceptors (Lipinski definition) is 6. The first kappa shape index (κ1) is 14.9. The fourth-order valence-corrected chi connectivity index (χ4v) is 4.76. The zero-order valence-electron chi connectivity index (χ0n) is 10.5. The molecular formula is C11H6ClN3O5S2. The van der Waals surface area contributed by atoms with E-state index >= 15 is 0 Å². The average molecular weight is 360 g/mol. The number of hydrogen-bond donors (Lipinski definition) is 3. The van der Waals surface area contributed by atoms with Crippen molar-refractivity contribution in [2.24, 2.45) is 4.40 Å². The molecule has 2 heterocycles. The fourth-order valence-electron chi connectivity index (χ4n) is 1.83. The third kappa shape index (κ3) is 2.45. The standard InChI is InChI=1S/C11H6ClN3O5S2/c12-4-1-2-6-5(3-4)21-10(15-22(6,19)20)7-8(16)13-11(18)14-9(7)17/h1-3H,(H3,13,14,16,17,18).